The van der Waals surface area contributed by atoms with E-state index in [1.807, 2.05) is 0 Å². The molecule has 0 saturated carbocycles. The summed E-state index contributed by atoms with van der Waals surface area (Å²) in [6.45, 7) is 0. The quantitative estimate of drug-likeness (QED) is 0.651. The standard InChI is InChI=1S/C12H8FN3O/c13-9-6-15-4-3-8(9)12-16-10-2-1-7(14)5-11(10)17-12/h1-6H,14H2. The van der Waals surface area contributed by atoms with Crippen LogP contribution in [0.15, 0.2) is 41.1 Å². The topological polar surface area (TPSA) is 64.9 Å². The van der Waals surface area contributed by atoms with Crippen LogP contribution < -0.4 is 5.73 Å². The van der Waals surface area contributed by atoms with Gasteiger partial charge in [0.1, 0.15) is 5.52 Å². The Morgan fingerprint density at radius 3 is 2.94 bits per heavy atom. The van der Waals surface area contributed by atoms with Gasteiger partial charge < -0.3 is 10.2 Å². The van der Waals surface area contributed by atoms with E-state index >= 15 is 0 Å². The first-order valence-electron chi connectivity index (χ1n) is 5.00. The number of hydrogen-bond donors (Lipinski definition) is 1. The molecule has 0 radical (unpaired) electrons. The van der Waals surface area contributed by atoms with Gasteiger partial charge in [0.05, 0.1) is 11.8 Å². The third-order valence-electron chi connectivity index (χ3n) is 2.42. The molecule has 0 atom stereocenters. The van der Waals surface area contributed by atoms with E-state index in [1.54, 1.807) is 18.2 Å². The zero-order chi connectivity index (χ0) is 11.8. The van der Waals surface area contributed by atoms with Gasteiger partial charge in [0.2, 0.25) is 5.89 Å². The number of halogens is 1. The Balaban J connectivity index is 2.22. The van der Waals surface area contributed by atoms with Crippen molar-refractivity contribution in [3.63, 3.8) is 0 Å². The molecule has 0 fully saturated rings. The summed E-state index contributed by atoms with van der Waals surface area (Å²) in [5, 5.41) is 0. The highest BCUT2D eigenvalue weighted by atomic mass is 19.1. The van der Waals surface area contributed by atoms with Gasteiger partial charge in [-0.05, 0) is 18.2 Å². The number of nitrogens with two attached hydrogens (primary N) is 1. The highest BCUT2D eigenvalue weighted by molar-refractivity contribution is 5.79. The first-order chi connectivity index (χ1) is 8.24. The SMILES string of the molecule is Nc1ccc2nc(-c3ccncc3F)oc2c1. The van der Waals surface area contributed by atoms with Crippen LogP contribution in [0.1, 0.15) is 0 Å². The molecule has 0 bridgehead atoms. The maximum Gasteiger partial charge on any atom is 0.230 e. The summed E-state index contributed by atoms with van der Waals surface area (Å²) in [7, 11) is 0. The molecule has 4 nitrogen and oxygen atoms in total. The van der Waals surface area contributed by atoms with Crippen LogP contribution in [-0.2, 0) is 0 Å². The van der Waals surface area contributed by atoms with Crippen molar-refractivity contribution < 1.29 is 8.81 Å². The van der Waals surface area contributed by atoms with Gasteiger partial charge in [0.25, 0.3) is 0 Å². The highest BCUT2D eigenvalue weighted by Gasteiger charge is 2.12. The van der Waals surface area contributed by atoms with Crippen molar-refractivity contribution in [3.8, 4) is 11.5 Å². The number of fused-ring (bicyclic) bond motifs is 1. The van der Waals surface area contributed by atoms with Crippen LogP contribution in [0.3, 0.4) is 0 Å². The fourth-order valence-electron chi connectivity index (χ4n) is 1.61. The van der Waals surface area contributed by atoms with Crippen molar-refractivity contribution in [2.75, 3.05) is 5.73 Å². The van der Waals surface area contributed by atoms with Crippen LogP contribution in [0.25, 0.3) is 22.6 Å². The summed E-state index contributed by atoms with van der Waals surface area (Å²) in [6.07, 6.45) is 2.61. The largest absolute Gasteiger partial charge is 0.436 e. The van der Waals surface area contributed by atoms with Crippen LogP contribution in [0, 0.1) is 5.82 Å². The van der Waals surface area contributed by atoms with E-state index in [4.69, 9.17) is 10.2 Å². The normalized spacial score (nSPS) is 10.9. The fraction of sp³-hybridized carbons (Fsp3) is 0. The summed E-state index contributed by atoms with van der Waals surface area (Å²) in [5.74, 6) is -0.238. The van der Waals surface area contributed by atoms with Crippen molar-refractivity contribution in [3.05, 3.63) is 42.5 Å². The average molecular weight is 229 g/mol. The lowest BCUT2D eigenvalue weighted by molar-refractivity contribution is 0.590. The minimum atomic E-state index is -0.466. The molecule has 5 heteroatoms. The van der Waals surface area contributed by atoms with Gasteiger partial charge in [-0.25, -0.2) is 9.37 Å². The lowest BCUT2D eigenvalue weighted by Crippen LogP contribution is -1.84. The summed E-state index contributed by atoms with van der Waals surface area (Å²) in [6, 6.07) is 6.63. The molecule has 2 aromatic heterocycles. The average Bonchev–Trinajstić information content (AvgIpc) is 2.72. The van der Waals surface area contributed by atoms with Crippen molar-refractivity contribution in [1.29, 1.82) is 0 Å². The van der Waals surface area contributed by atoms with E-state index in [0.29, 0.717) is 16.8 Å². The molecule has 3 aromatic rings. The summed E-state index contributed by atoms with van der Waals surface area (Å²) in [5.41, 5.74) is 7.68. The van der Waals surface area contributed by atoms with Gasteiger partial charge in [-0.15, -0.1) is 0 Å². The van der Waals surface area contributed by atoms with Gasteiger partial charge in [0, 0.05) is 18.0 Å². The predicted molar refractivity (Wildman–Crippen MR) is 61.6 cm³/mol. The second-order valence-corrected chi connectivity index (χ2v) is 3.60. The second-order valence-electron chi connectivity index (χ2n) is 3.60. The van der Waals surface area contributed by atoms with Crippen LogP contribution in [0.5, 0.6) is 0 Å². The maximum atomic E-state index is 13.5. The van der Waals surface area contributed by atoms with Crippen molar-refractivity contribution in [2.24, 2.45) is 0 Å². The molecule has 0 amide bonds. The van der Waals surface area contributed by atoms with Crippen LogP contribution in [0.2, 0.25) is 0 Å². The van der Waals surface area contributed by atoms with Crippen molar-refractivity contribution >= 4 is 16.8 Å². The molecular formula is C12H8FN3O. The maximum absolute atomic E-state index is 13.5. The van der Waals surface area contributed by atoms with Gasteiger partial charge in [-0.1, -0.05) is 0 Å². The molecule has 0 aliphatic rings. The molecule has 0 aliphatic heterocycles. The highest BCUT2D eigenvalue weighted by Crippen LogP contribution is 2.26. The Morgan fingerprint density at radius 1 is 1.24 bits per heavy atom. The summed E-state index contributed by atoms with van der Waals surface area (Å²) in [4.78, 5) is 7.87. The number of anilines is 1. The van der Waals surface area contributed by atoms with Gasteiger partial charge in [-0.3, -0.25) is 4.98 Å². The van der Waals surface area contributed by atoms with Crippen LogP contribution >= 0.6 is 0 Å². The van der Waals surface area contributed by atoms with Crippen LogP contribution in [0.4, 0.5) is 10.1 Å². The van der Waals surface area contributed by atoms with E-state index in [9.17, 15) is 4.39 Å². The molecule has 2 heterocycles. The molecule has 0 spiro atoms. The Hall–Kier alpha value is -2.43. The van der Waals surface area contributed by atoms with Gasteiger partial charge in [-0.2, -0.15) is 0 Å². The number of rotatable bonds is 1. The lowest BCUT2D eigenvalue weighted by Gasteiger charge is -1.94. The van der Waals surface area contributed by atoms with Gasteiger partial charge >= 0.3 is 0 Å². The third kappa shape index (κ3) is 1.61. The molecule has 0 saturated heterocycles. The smallest absolute Gasteiger partial charge is 0.230 e. The minimum absolute atomic E-state index is 0.227. The second kappa shape index (κ2) is 3.55. The Morgan fingerprint density at radius 2 is 2.12 bits per heavy atom. The molecule has 3 rings (SSSR count). The van der Waals surface area contributed by atoms with E-state index < -0.39 is 5.82 Å². The molecular weight excluding hydrogens is 221 g/mol. The fourth-order valence-corrected chi connectivity index (χ4v) is 1.61. The van der Waals surface area contributed by atoms with Crippen LogP contribution in [-0.4, -0.2) is 9.97 Å². The third-order valence-corrected chi connectivity index (χ3v) is 2.42. The zero-order valence-corrected chi connectivity index (χ0v) is 8.72. The van der Waals surface area contributed by atoms with Crippen molar-refractivity contribution in [2.45, 2.75) is 0 Å². The number of aromatic nitrogens is 2. The number of oxazole rings is 1. The Bertz CT molecular complexity index is 693. The number of nitrogens with zero attached hydrogens (tertiary/aromatic N) is 2. The predicted octanol–water partition coefficient (Wildman–Crippen LogP) is 2.61. The first-order valence-corrected chi connectivity index (χ1v) is 5.00. The molecule has 0 unspecified atom stereocenters. The minimum Gasteiger partial charge on any atom is -0.436 e. The first kappa shape index (κ1) is 9.77. The number of hydrogen-bond acceptors (Lipinski definition) is 4. The van der Waals surface area contributed by atoms with Gasteiger partial charge in [0.15, 0.2) is 11.4 Å². The number of nitrogen functional groups attached to an aromatic ring is 1. The van der Waals surface area contributed by atoms with Crippen molar-refractivity contribution in [1.82, 2.24) is 9.97 Å². The summed E-state index contributed by atoms with van der Waals surface area (Å²) < 4.78 is 19.0. The van der Waals surface area contributed by atoms with E-state index in [2.05, 4.69) is 9.97 Å². The number of pyridine rings is 1. The monoisotopic (exact) mass is 229 g/mol. The molecule has 2 N–H and O–H groups in total. The molecule has 1 aromatic carbocycles. The zero-order valence-electron chi connectivity index (χ0n) is 8.72. The molecule has 84 valence electrons. The van der Waals surface area contributed by atoms with E-state index in [-0.39, 0.29) is 11.5 Å². The summed E-state index contributed by atoms with van der Waals surface area (Å²) >= 11 is 0. The Kier molecular flexibility index (Phi) is 2.04. The van der Waals surface area contributed by atoms with E-state index in [1.165, 1.54) is 12.3 Å². The lowest BCUT2D eigenvalue weighted by atomic mass is 10.2. The molecule has 0 aliphatic carbocycles. The number of benzene rings is 1. The van der Waals surface area contributed by atoms with E-state index in [0.717, 1.165) is 6.20 Å². The molecule has 17 heavy (non-hydrogen) atoms. The Labute approximate surface area is 95.9 Å².